The highest BCUT2D eigenvalue weighted by atomic mass is 16.2. The molecule has 0 saturated carbocycles. The SMILES string of the molecule is Cc1nnc(C)c2c(C)n(NC(=O)c3ccncc3)c(C)c12. The molecule has 0 radical (unpaired) electrons. The number of rotatable bonds is 2. The van der Waals surface area contributed by atoms with E-state index < -0.39 is 0 Å². The van der Waals surface area contributed by atoms with Gasteiger partial charge in [-0.1, -0.05) is 0 Å². The molecule has 6 nitrogen and oxygen atoms in total. The first-order valence-corrected chi connectivity index (χ1v) is 7.03. The molecule has 6 heteroatoms. The number of pyridine rings is 1. The van der Waals surface area contributed by atoms with Gasteiger partial charge in [0.05, 0.1) is 11.4 Å². The predicted octanol–water partition coefficient (Wildman–Crippen LogP) is 2.44. The molecule has 0 aliphatic rings. The number of nitrogens with zero attached hydrogens (tertiary/aromatic N) is 4. The van der Waals surface area contributed by atoms with Gasteiger partial charge in [-0.25, -0.2) is 0 Å². The molecule has 0 fully saturated rings. The topological polar surface area (TPSA) is 72.7 Å². The van der Waals surface area contributed by atoms with E-state index >= 15 is 0 Å². The Morgan fingerprint density at radius 3 is 1.95 bits per heavy atom. The number of amides is 1. The molecule has 0 saturated heterocycles. The van der Waals surface area contributed by atoms with Crippen LogP contribution >= 0.6 is 0 Å². The molecule has 0 atom stereocenters. The van der Waals surface area contributed by atoms with Crippen LogP contribution in [0.4, 0.5) is 0 Å². The van der Waals surface area contributed by atoms with Crippen molar-refractivity contribution >= 4 is 16.7 Å². The zero-order valence-electron chi connectivity index (χ0n) is 13.0. The maximum Gasteiger partial charge on any atom is 0.270 e. The highest BCUT2D eigenvalue weighted by Gasteiger charge is 2.18. The monoisotopic (exact) mass is 295 g/mol. The fraction of sp³-hybridized carbons (Fsp3) is 0.250. The van der Waals surface area contributed by atoms with Crippen LogP contribution in [0.15, 0.2) is 24.5 Å². The number of carbonyl (C=O) groups is 1. The van der Waals surface area contributed by atoms with Crippen molar-refractivity contribution in [2.75, 3.05) is 5.43 Å². The largest absolute Gasteiger partial charge is 0.270 e. The Hall–Kier alpha value is -2.76. The first kappa shape index (κ1) is 14.2. The number of aromatic nitrogens is 4. The van der Waals surface area contributed by atoms with Crippen LogP contribution in [0.1, 0.15) is 33.1 Å². The Bertz CT molecular complexity index is 822. The molecule has 3 rings (SSSR count). The molecule has 3 aromatic rings. The fourth-order valence-corrected chi connectivity index (χ4v) is 2.81. The van der Waals surface area contributed by atoms with Gasteiger partial charge in [0.25, 0.3) is 5.91 Å². The lowest BCUT2D eigenvalue weighted by atomic mass is 10.1. The Morgan fingerprint density at radius 1 is 0.955 bits per heavy atom. The highest BCUT2D eigenvalue weighted by molar-refractivity contribution is 6.01. The molecule has 0 spiro atoms. The van der Waals surface area contributed by atoms with E-state index in [0.717, 1.165) is 33.5 Å². The third kappa shape index (κ3) is 2.13. The van der Waals surface area contributed by atoms with Crippen molar-refractivity contribution < 1.29 is 4.79 Å². The lowest BCUT2D eigenvalue weighted by Crippen LogP contribution is -2.24. The summed E-state index contributed by atoms with van der Waals surface area (Å²) >= 11 is 0. The molecular formula is C16H17N5O. The zero-order valence-corrected chi connectivity index (χ0v) is 13.0. The quantitative estimate of drug-likeness (QED) is 0.788. The standard InChI is InChI=1S/C16H17N5O/c1-9-14-11(3)21(12(4)15(14)10(2)19-18-9)20-16(22)13-5-7-17-8-6-13/h5-8H,1-4H3,(H,20,22). The lowest BCUT2D eigenvalue weighted by molar-refractivity contribution is 0.101. The maximum atomic E-state index is 12.4. The first-order chi connectivity index (χ1) is 10.5. The van der Waals surface area contributed by atoms with Gasteiger partial charge in [0.1, 0.15) is 0 Å². The van der Waals surface area contributed by atoms with E-state index in [1.807, 2.05) is 27.7 Å². The van der Waals surface area contributed by atoms with E-state index in [-0.39, 0.29) is 5.91 Å². The van der Waals surface area contributed by atoms with Crippen LogP contribution in [-0.2, 0) is 0 Å². The maximum absolute atomic E-state index is 12.4. The molecule has 0 bridgehead atoms. The van der Waals surface area contributed by atoms with Gasteiger partial charge >= 0.3 is 0 Å². The molecule has 3 aromatic heterocycles. The van der Waals surface area contributed by atoms with Gasteiger partial charge in [-0.2, -0.15) is 10.2 Å². The van der Waals surface area contributed by atoms with Gasteiger partial charge in [0, 0.05) is 40.1 Å². The fourth-order valence-electron chi connectivity index (χ4n) is 2.81. The van der Waals surface area contributed by atoms with Crippen molar-refractivity contribution in [3.63, 3.8) is 0 Å². The van der Waals surface area contributed by atoms with Crippen molar-refractivity contribution in [3.8, 4) is 0 Å². The van der Waals surface area contributed by atoms with Crippen molar-refractivity contribution in [3.05, 3.63) is 52.9 Å². The lowest BCUT2D eigenvalue weighted by Gasteiger charge is -2.11. The number of fused-ring (bicyclic) bond motifs is 1. The Balaban J connectivity index is 2.11. The van der Waals surface area contributed by atoms with Gasteiger partial charge < -0.3 is 0 Å². The van der Waals surface area contributed by atoms with Gasteiger partial charge in [0.15, 0.2) is 0 Å². The first-order valence-electron chi connectivity index (χ1n) is 7.03. The molecule has 1 N–H and O–H groups in total. The Labute approximate surface area is 128 Å². The minimum atomic E-state index is -0.176. The summed E-state index contributed by atoms with van der Waals surface area (Å²) in [6.45, 7) is 7.79. The molecule has 3 heterocycles. The van der Waals surface area contributed by atoms with Crippen LogP contribution in [0.2, 0.25) is 0 Å². The van der Waals surface area contributed by atoms with Gasteiger partial charge in [-0.15, -0.1) is 0 Å². The molecular weight excluding hydrogens is 278 g/mol. The molecule has 112 valence electrons. The summed E-state index contributed by atoms with van der Waals surface area (Å²) in [5.74, 6) is -0.176. The van der Waals surface area contributed by atoms with Crippen molar-refractivity contribution in [1.82, 2.24) is 19.9 Å². The van der Waals surface area contributed by atoms with Crippen LogP contribution in [-0.4, -0.2) is 25.8 Å². The number of hydrogen-bond donors (Lipinski definition) is 1. The molecule has 0 aliphatic heterocycles. The average molecular weight is 295 g/mol. The summed E-state index contributed by atoms with van der Waals surface area (Å²) in [5.41, 5.74) is 7.12. The summed E-state index contributed by atoms with van der Waals surface area (Å²) < 4.78 is 1.80. The Kier molecular flexibility index (Phi) is 3.36. The van der Waals surface area contributed by atoms with Gasteiger partial charge in [-0.3, -0.25) is 19.9 Å². The summed E-state index contributed by atoms with van der Waals surface area (Å²) in [6.07, 6.45) is 3.20. The van der Waals surface area contributed by atoms with Crippen LogP contribution in [0, 0.1) is 27.7 Å². The Morgan fingerprint density at radius 2 is 1.45 bits per heavy atom. The van der Waals surface area contributed by atoms with Crippen molar-refractivity contribution in [2.24, 2.45) is 0 Å². The molecule has 0 aromatic carbocycles. The van der Waals surface area contributed by atoms with Crippen molar-refractivity contribution in [1.29, 1.82) is 0 Å². The molecule has 0 unspecified atom stereocenters. The van der Waals surface area contributed by atoms with Crippen LogP contribution in [0.25, 0.3) is 10.8 Å². The van der Waals surface area contributed by atoms with Crippen LogP contribution < -0.4 is 5.43 Å². The van der Waals surface area contributed by atoms with Crippen LogP contribution in [0.3, 0.4) is 0 Å². The second kappa shape index (κ2) is 5.22. The van der Waals surface area contributed by atoms with Gasteiger partial charge in [0.2, 0.25) is 0 Å². The number of carbonyl (C=O) groups excluding carboxylic acids is 1. The smallest absolute Gasteiger partial charge is 0.267 e. The normalized spacial score (nSPS) is 10.9. The van der Waals surface area contributed by atoms with E-state index in [1.165, 1.54) is 0 Å². The summed E-state index contributed by atoms with van der Waals surface area (Å²) in [7, 11) is 0. The third-order valence-corrected chi connectivity index (χ3v) is 3.87. The second-order valence-corrected chi connectivity index (χ2v) is 5.30. The molecule has 22 heavy (non-hydrogen) atoms. The number of nitrogens with one attached hydrogen (secondary N) is 1. The van der Waals surface area contributed by atoms with Crippen molar-refractivity contribution in [2.45, 2.75) is 27.7 Å². The predicted molar refractivity (Wildman–Crippen MR) is 84.4 cm³/mol. The molecule has 1 amide bonds. The van der Waals surface area contributed by atoms with E-state index in [4.69, 9.17) is 0 Å². The van der Waals surface area contributed by atoms with E-state index in [2.05, 4.69) is 20.6 Å². The third-order valence-electron chi connectivity index (χ3n) is 3.87. The average Bonchev–Trinajstić information content (AvgIpc) is 2.77. The molecule has 0 aliphatic carbocycles. The summed E-state index contributed by atoms with van der Waals surface area (Å²) in [5, 5.41) is 10.4. The minimum Gasteiger partial charge on any atom is -0.267 e. The number of aryl methyl sites for hydroxylation is 4. The van der Waals surface area contributed by atoms with Gasteiger partial charge in [-0.05, 0) is 39.8 Å². The number of hydrogen-bond acceptors (Lipinski definition) is 4. The van der Waals surface area contributed by atoms with E-state index in [1.54, 1.807) is 29.2 Å². The van der Waals surface area contributed by atoms with Crippen LogP contribution in [0.5, 0.6) is 0 Å². The summed E-state index contributed by atoms with van der Waals surface area (Å²) in [6, 6.07) is 3.37. The zero-order chi connectivity index (χ0) is 15.9. The van der Waals surface area contributed by atoms with E-state index in [0.29, 0.717) is 5.56 Å². The van der Waals surface area contributed by atoms with E-state index in [9.17, 15) is 4.79 Å². The minimum absolute atomic E-state index is 0.176. The highest BCUT2D eigenvalue weighted by Crippen LogP contribution is 2.28. The second-order valence-electron chi connectivity index (χ2n) is 5.30. The summed E-state index contributed by atoms with van der Waals surface area (Å²) in [4.78, 5) is 16.3.